The number of hydrogen-bond acceptors (Lipinski definition) is 2. The fourth-order valence-electron chi connectivity index (χ4n) is 1.60. The molecule has 2 aromatic rings. The second kappa shape index (κ2) is 5.31. The Morgan fingerprint density at radius 1 is 1.22 bits per heavy atom. The molecule has 0 spiro atoms. The van der Waals surface area contributed by atoms with E-state index < -0.39 is 0 Å². The second-order valence-electron chi connectivity index (χ2n) is 4.12. The number of hydrogen-bond donors (Lipinski definition) is 1. The molecule has 1 aromatic carbocycles. The topological polar surface area (TPSA) is 42.0 Å². The molecule has 0 unspecified atom stereocenters. The van der Waals surface area contributed by atoms with Crippen molar-refractivity contribution in [1.29, 1.82) is 0 Å². The van der Waals surface area contributed by atoms with Crippen molar-refractivity contribution in [1.82, 2.24) is 4.98 Å². The van der Waals surface area contributed by atoms with Crippen LogP contribution in [0.5, 0.6) is 0 Å². The minimum Gasteiger partial charge on any atom is -0.321 e. The summed E-state index contributed by atoms with van der Waals surface area (Å²) in [7, 11) is 0. The van der Waals surface area contributed by atoms with Crippen LogP contribution in [0.15, 0.2) is 41.0 Å². The summed E-state index contributed by atoms with van der Waals surface area (Å²) in [6, 6.07) is 9.26. The molecular formula is C14H13BrN2O. The van der Waals surface area contributed by atoms with E-state index in [2.05, 4.69) is 26.2 Å². The first-order valence-corrected chi connectivity index (χ1v) is 6.36. The van der Waals surface area contributed by atoms with Gasteiger partial charge in [-0.15, -0.1) is 0 Å². The van der Waals surface area contributed by atoms with E-state index in [9.17, 15) is 4.79 Å². The number of nitrogens with zero attached hydrogens (tertiary/aromatic N) is 1. The van der Waals surface area contributed by atoms with Gasteiger partial charge in [-0.05, 0) is 59.6 Å². The third kappa shape index (κ3) is 2.96. The molecule has 1 aromatic heterocycles. The molecule has 1 amide bonds. The number of aromatic nitrogens is 1. The van der Waals surface area contributed by atoms with E-state index in [1.807, 2.05) is 32.0 Å². The van der Waals surface area contributed by atoms with E-state index in [0.29, 0.717) is 5.56 Å². The highest BCUT2D eigenvalue weighted by Crippen LogP contribution is 2.23. The Hall–Kier alpha value is -1.68. The molecule has 2 rings (SSSR count). The van der Waals surface area contributed by atoms with E-state index in [4.69, 9.17) is 0 Å². The summed E-state index contributed by atoms with van der Waals surface area (Å²) in [5.74, 6) is -0.134. The van der Waals surface area contributed by atoms with Crippen LogP contribution in [0.1, 0.15) is 21.6 Å². The van der Waals surface area contributed by atoms with Crippen LogP contribution in [-0.4, -0.2) is 10.9 Å². The summed E-state index contributed by atoms with van der Waals surface area (Å²) in [5.41, 5.74) is 3.33. The fraction of sp³-hybridized carbons (Fsp3) is 0.143. The number of rotatable bonds is 2. The minimum absolute atomic E-state index is 0.134. The Morgan fingerprint density at radius 2 is 2.00 bits per heavy atom. The van der Waals surface area contributed by atoms with Gasteiger partial charge in [0.2, 0.25) is 0 Å². The predicted molar refractivity (Wildman–Crippen MR) is 75.8 cm³/mol. The molecule has 0 aliphatic carbocycles. The molecule has 3 nitrogen and oxygen atoms in total. The van der Waals surface area contributed by atoms with Gasteiger partial charge in [-0.25, -0.2) is 0 Å². The number of halogens is 1. The first-order chi connectivity index (χ1) is 8.56. The summed E-state index contributed by atoms with van der Waals surface area (Å²) < 4.78 is 0.877. The highest BCUT2D eigenvalue weighted by Gasteiger charge is 2.08. The van der Waals surface area contributed by atoms with Crippen molar-refractivity contribution in [3.8, 4) is 0 Å². The molecule has 1 heterocycles. The Bertz CT molecular complexity index is 596. The van der Waals surface area contributed by atoms with Gasteiger partial charge < -0.3 is 5.32 Å². The van der Waals surface area contributed by atoms with Crippen LogP contribution < -0.4 is 5.32 Å². The molecular weight excluding hydrogens is 292 g/mol. The molecule has 0 aliphatic heterocycles. The lowest BCUT2D eigenvalue weighted by Gasteiger charge is -2.08. The number of anilines is 1. The van der Waals surface area contributed by atoms with Crippen molar-refractivity contribution >= 4 is 27.5 Å². The Labute approximate surface area is 114 Å². The maximum atomic E-state index is 12.0. The number of carbonyl (C=O) groups excluding carboxylic acids is 1. The van der Waals surface area contributed by atoms with Gasteiger partial charge in [0.15, 0.2) is 0 Å². The molecule has 92 valence electrons. The number of pyridine rings is 1. The molecule has 0 saturated carbocycles. The zero-order chi connectivity index (χ0) is 13.1. The molecule has 4 heteroatoms. The predicted octanol–water partition coefficient (Wildman–Crippen LogP) is 3.71. The smallest absolute Gasteiger partial charge is 0.255 e. The van der Waals surface area contributed by atoms with Gasteiger partial charge in [-0.3, -0.25) is 9.78 Å². The maximum absolute atomic E-state index is 12.0. The van der Waals surface area contributed by atoms with E-state index in [-0.39, 0.29) is 5.91 Å². The van der Waals surface area contributed by atoms with Crippen LogP contribution >= 0.6 is 15.9 Å². The van der Waals surface area contributed by atoms with Crippen LogP contribution in [0.3, 0.4) is 0 Å². The van der Waals surface area contributed by atoms with Crippen LogP contribution in [-0.2, 0) is 0 Å². The van der Waals surface area contributed by atoms with E-state index >= 15 is 0 Å². The zero-order valence-corrected chi connectivity index (χ0v) is 11.8. The first-order valence-electron chi connectivity index (χ1n) is 5.56. The molecule has 0 aliphatic rings. The quantitative estimate of drug-likeness (QED) is 0.919. The lowest BCUT2D eigenvalue weighted by molar-refractivity contribution is 0.102. The summed E-state index contributed by atoms with van der Waals surface area (Å²) in [6.45, 7) is 3.86. The van der Waals surface area contributed by atoms with Crippen molar-refractivity contribution < 1.29 is 4.79 Å². The second-order valence-corrected chi connectivity index (χ2v) is 4.98. The number of amides is 1. The average molecular weight is 305 g/mol. The summed E-state index contributed by atoms with van der Waals surface area (Å²) in [6.07, 6.45) is 1.63. The third-order valence-electron chi connectivity index (χ3n) is 2.53. The number of benzene rings is 1. The normalized spacial score (nSPS) is 10.2. The van der Waals surface area contributed by atoms with Gasteiger partial charge in [0, 0.05) is 21.9 Å². The van der Waals surface area contributed by atoms with Crippen molar-refractivity contribution in [2.75, 3.05) is 5.32 Å². The number of carbonyl (C=O) groups is 1. The van der Waals surface area contributed by atoms with Crippen molar-refractivity contribution in [2.45, 2.75) is 13.8 Å². The van der Waals surface area contributed by atoms with E-state index in [1.54, 1.807) is 18.3 Å². The number of aryl methyl sites for hydroxylation is 2. The highest BCUT2D eigenvalue weighted by atomic mass is 79.9. The van der Waals surface area contributed by atoms with Crippen LogP contribution in [0.4, 0.5) is 5.69 Å². The van der Waals surface area contributed by atoms with Gasteiger partial charge in [-0.2, -0.15) is 0 Å². The fourth-order valence-corrected chi connectivity index (χ4v) is 2.20. The van der Waals surface area contributed by atoms with Gasteiger partial charge in [0.05, 0.1) is 5.69 Å². The van der Waals surface area contributed by atoms with Crippen LogP contribution in [0.2, 0.25) is 0 Å². The monoisotopic (exact) mass is 304 g/mol. The van der Waals surface area contributed by atoms with Gasteiger partial charge >= 0.3 is 0 Å². The molecule has 0 radical (unpaired) electrons. The summed E-state index contributed by atoms with van der Waals surface area (Å²) in [5, 5.41) is 2.87. The van der Waals surface area contributed by atoms with Crippen LogP contribution in [0, 0.1) is 13.8 Å². The Morgan fingerprint density at radius 3 is 2.67 bits per heavy atom. The van der Waals surface area contributed by atoms with Gasteiger partial charge in [0.25, 0.3) is 5.91 Å². The summed E-state index contributed by atoms with van der Waals surface area (Å²) >= 11 is 3.44. The average Bonchev–Trinajstić information content (AvgIpc) is 2.32. The lowest BCUT2D eigenvalue weighted by atomic mass is 10.2. The van der Waals surface area contributed by atoms with E-state index in [1.165, 1.54) is 0 Å². The molecule has 0 saturated heterocycles. The molecule has 0 fully saturated rings. The SMILES string of the molecule is Cc1ccc(NC(=O)c2ccnc(C)c2)c(Br)c1. The third-order valence-corrected chi connectivity index (χ3v) is 3.19. The molecule has 18 heavy (non-hydrogen) atoms. The lowest BCUT2D eigenvalue weighted by Crippen LogP contribution is -2.12. The summed E-state index contributed by atoms with van der Waals surface area (Å²) in [4.78, 5) is 16.1. The molecule has 0 atom stereocenters. The zero-order valence-electron chi connectivity index (χ0n) is 10.2. The largest absolute Gasteiger partial charge is 0.321 e. The Kier molecular flexibility index (Phi) is 3.77. The van der Waals surface area contributed by atoms with Gasteiger partial charge in [0.1, 0.15) is 0 Å². The standard InChI is InChI=1S/C14H13BrN2O/c1-9-3-4-13(12(15)7-9)17-14(18)11-5-6-16-10(2)8-11/h3-8H,1-2H3,(H,17,18). The van der Waals surface area contributed by atoms with E-state index in [0.717, 1.165) is 21.4 Å². The molecule has 1 N–H and O–H groups in total. The first kappa shape index (κ1) is 12.8. The van der Waals surface area contributed by atoms with Crippen molar-refractivity contribution in [3.63, 3.8) is 0 Å². The van der Waals surface area contributed by atoms with Crippen molar-refractivity contribution in [3.05, 3.63) is 57.8 Å². The highest BCUT2D eigenvalue weighted by molar-refractivity contribution is 9.10. The van der Waals surface area contributed by atoms with Gasteiger partial charge in [-0.1, -0.05) is 6.07 Å². The number of nitrogens with one attached hydrogen (secondary N) is 1. The Balaban J connectivity index is 2.21. The maximum Gasteiger partial charge on any atom is 0.255 e. The molecule has 0 bridgehead atoms. The minimum atomic E-state index is -0.134. The van der Waals surface area contributed by atoms with Crippen molar-refractivity contribution in [2.24, 2.45) is 0 Å². The van der Waals surface area contributed by atoms with Crippen LogP contribution in [0.25, 0.3) is 0 Å².